The molecule has 1 aromatic carbocycles. The monoisotopic (exact) mass is 290 g/mol. The molecule has 1 aromatic rings. The van der Waals surface area contributed by atoms with Crippen molar-refractivity contribution in [3.05, 3.63) is 35.4 Å². The van der Waals surface area contributed by atoms with Gasteiger partial charge in [-0.05, 0) is 35.8 Å². The first kappa shape index (κ1) is 15.8. The van der Waals surface area contributed by atoms with Gasteiger partial charge in [0.1, 0.15) is 0 Å². The van der Waals surface area contributed by atoms with Gasteiger partial charge >= 0.3 is 6.18 Å². The lowest BCUT2D eigenvalue weighted by molar-refractivity contribution is -0.137. The van der Waals surface area contributed by atoms with Crippen molar-refractivity contribution < 1.29 is 13.2 Å². The number of benzene rings is 1. The third kappa shape index (κ3) is 5.92. The number of thiocarbonyl (C=S) groups is 1. The van der Waals surface area contributed by atoms with Gasteiger partial charge in [-0.1, -0.05) is 26.0 Å². The van der Waals surface area contributed by atoms with Gasteiger partial charge in [0, 0.05) is 13.1 Å². The molecule has 6 heteroatoms. The highest BCUT2D eigenvalue weighted by Gasteiger charge is 2.30. The molecule has 0 amide bonds. The highest BCUT2D eigenvalue weighted by Crippen LogP contribution is 2.29. The lowest BCUT2D eigenvalue weighted by Crippen LogP contribution is -2.36. The van der Waals surface area contributed by atoms with Crippen molar-refractivity contribution in [2.45, 2.75) is 26.6 Å². The zero-order valence-corrected chi connectivity index (χ0v) is 11.7. The van der Waals surface area contributed by atoms with E-state index in [1.54, 1.807) is 6.07 Å². The lowest BCUT2D eigenvalue weighted by Gasteiger charge is -2.13. The zero-order chi connectivity index (χ0) is 14.5. The summed E-state index contributed by atoms with van der Waals surface area (Å²) >= 11 is 5.03. The Morgan fingerprint density at radius 1 is 1.26 bits per heavy atom. The van der Waals surface area contributed by atoms with Crippen molar-refractivity contribution >= 4 is 17.3 Å². The molecule has 0 unspecified atom stereocenters. The molecule has 0 spiro atoms. The molecule has 0 atom stereocenters. The van der Waals surface area contributed by atoms with Crippen LogP contribution in [0.5, 0.6) is 0 Å². The first-order valence-corrected chi connectivity index (χ1v) is 6.37. The molecule has 2 nitrogen and oxygen atoms in total. The Morgan fingerprint density at radius 3 is 2.53 bits per heavy atom. The standard InChI is InChI=1S/C13H17F3N2S/c1-9(2)7-17-12(19)18-8-10-4-3-5-11(6-10)13(14,15)16/h3-6,9H,7-8H2,1-2H3,(H2,17,18,19). The smallest absolute Gasteiger partial charge is 0.362 e. The summed E-state index contributed by atoms with van der Waals surface area (Å²) in [4.78, 5) is 0. The molecule has 0 radical (unpaired) electrons. The van der Waals surface area contributed by atoms with Gasteiger partial charge in [0.15, 0.2) is 5.11 Å². The van der Waals surface area contributed by atoms with Gasteiger partial charge in [-0.25, -0.2) is 0 Å². The van der Waals surface area contributed by atoms with E-state index >= 15 is 0 Å². The number of nitrogens with one attached hydrogen (secondary N) is 2. The molecule has 2 N–H and O–H groups in total. The van der Waals surface area contributed by atoms with Gasteiger partial charge in [-0.2, -0.15) is 13.2 Å². The topological polar surface area (TPSA) is 24.1 Å². The molecule has 0 saturated heterocycles. The van der Waals surface area contributed by atoms with E-state index in [2.05, 4.69) is 10.6 Å². The minimum Gasteiger partial charge on any atom is -0.362 e. The summed E-state index contributed by atoms with van der Waals surface area (Å²) in [6.07, 6.45) is -4.31. The van der Waals surface area contributed by atoms with Crippen molar-refractivity contribution in [3.63, 3.8) is 0 Å². The fourth-order valence-corrected chi connectivity index (χ4v) is 1.55. The maximum Gasteiger partial charge on any atom is 0.416 e. The van der Waals surface area contributed by atoms with Crippen molar-refractivity contribution in [2.24, 2.45) is 5.92 Å². The van der Waals surface area contributed by atoms with E-state index in [1.165, 1.54) is 6.07 Å². The largest absolute Gasteiger partial charge is 0.416 e. The van der Waals surface area contributed by atoms with Gasteiger partial charge in [-0.3, -0.25) is 0 Å². The Morgan fingerprint density at radius 2 is 1.95 bits per heavy atom. The van der Waals surface area contributed by atoms with Crippen LogP contribution in [0.4, 0.5) is 13.2 Å². The molecule has 0 aromatic heterocycles. The predicted octanol–water partition coefficient (Wildman–Crippen LogP) is 3.33. The van der Waals surface area contributed by atoms with Crippen LogP contribution in [-0.4, -0.2) is 11.7 Å². The van der Waals surface area contributed by atoms with Crippen LogP contribution >= 0.6 is 12.2 Å². The van der Waals surface area contributed by atoms with Crippen LogP contribution in [0.25, 0.3) is 0 Å². The van der Waals surface area contributed by atoms with E-state index in [4.69, 9.17) is 12.2 Å². The van der Waals surface area contributed by atoms with Gasteiger partial charge in [0.25, 0.3) is 0 Å². The average molecular weight is 290 g/mol. The van der Waals surface area contributed by atoms with Crippen LogP contribution in [0.3, 0.4) is 0 Å². The predicted molar refractivity (Wildman–Crippen MR) is 73.7 cm³/mol. The van der Waals surface area contributed by atoms with E-state index in [-0.39, 0.29) is 6.54 Å². The van der Waals surface area contributed by atoms with Crippen LogP contribution in [0.15, 0.2) is 24.3 Å². The Bertz CT molecular complexity index is 430. The van der Waals surface area contributed by atoms with Crippen molar-refractivity contribution in [1.29, 1.82) is 0 Å². The first-order chi connectivity index (χ1) is 8.79. The highest BCUT2D eigenvalue weighted by atomic mass is 32.1. The zero-order valence-electron chi connectivity index (χ0n) is 10.8. The SMILES string of the molecule is CC(C)CNC(=S)NCc1cccc(C(F)(F)F)c1. The minimum absolute atomic E-state index is 0.272. The molecular formula is C13H17F3N2S. The summed E-state index contributed by atoms with van der Waals surface area (Å²) in [6, 6.07) is 5.20. The molecule has 0 saturated carbocycles. The van der Waals surface area contributed by atoms with Gasteiger partial charge in [0.2, 0.25) is 0 Å². The van der Waals surface area contributed by atoms with E-state index in [9.17, 15) is 13.2 Å². The second-order valence-corrected chi connectivity index (χ2v) is 5.06. The van der Waals surface area contributed by atoms with E-state index in [0.717, 1.165) is 18.7 Å². The Labute approximate surface area is 116 Å². The molecule has 0 aliphatic carbocycles. The summed E-state index contributed by atoms with van der Waals surface area (Å²) < 4.78 is 37.6. The van der Waals surface area contributed by atoms with E-state index in [0.29, 0.717) is 16.6 Å². The van der Waals surface area contributed by atoms with Crippen LogP contribution in [-0.2, 0) is 12.7 Å². The van der Waals surface area contributed by atoms with Crippen molar-refractivity contribution in [2.75, 3.05) is 6.54 Å². The fourth-order valence-electron chi connectivity index (χ4n) is 1.40. The Kier molecular flexibility index (Phi) is 5.60. The second kappa shape index (κ2) is 6.75. The summed E-state index contributed by atoms with van der Waals surface area (Å²) in [5.41, 5.74) is -0.101. The minimum atomic E-state index is -4.31. The highest BCUT2D eigenvalue weighted by molar-refractivity contribution is 7.80. The number of hydrogen-bond donors (Lipinski definition) is 2. The van der Waals surface area contributed by atoms with Crippen LogP contribution < -0.4 is 10.6 Å². The summed E-state index contributed by atoms with van der Waals surface area (Å²) in [5, 5.41) is 6.33. The van der Waals surface area contributed by atoms with Crippen molar-refractivity contribution in [1.82, 2.24) is 10.6 Å². The van der Waals surface area contributed by atoms with Gasteiger partial charge in [-0.15, -0.1) is 0 Å². The lowest BCUT2D eigenvalue weighted by atomic mass is 10.1. The molecular weight excluding hydrogens is 273 g/mol. The molecule has 1 rings (SSSR count). The molecule has 0 aliphatic rings. The van der Waals surface area contributed by atoms with Crippen molar-refractivity contribution in [3.8, 4) is 0 Å². The number of alkyl halides is 3. The summed E-state index contributed by atoms with van der Waals surface area (Å²) in [6.45, 7) is 5.09. The maximum atomic E-state index is 12.5. The number of halogens is 3. The quantitative estimate of drug-likeness (QED) is 0.832. The third-order valence-corrected chi connectivity index (χ3v) is 2.67. The Hall–Kier alpha value is -1.30. The van der Waals surface area contributed by atoms with Crippen LogP contribution in [0.2, 0.25) is 0 Å². The normalized spacial score (nSPS) is 11.5. The average Bonchev–Trinajstić information content (AvgIpc) is 2.33. The number of hydrogen-bond acceptors (Lipinski definition) is 1. The maximum absolute atomic E-state index is 12.5. The molecule has 0 aliphatic heterocycles. The van der Waals surface area contributed by atoms with Gasteiger partial charge < -0.3 is 10.6 Å². The molecule has 19 heavy (non-hydrogen) atoms. The summed E-state index contributed by atoms with van der Waals surface area (Å²) in [5.74, 6) is 0.452. The Balaban J connectivity index is 2.52. The van der Waals surface area contributed by atoms with Crippen LogP contribution in [0, 0.1) is 5.92 Å². The number of rotatable bonds is 4. The second-order valence-electron chi connectivity index (χ2n) is 4.66. The van der Waals surface area contributed by atoms with Crippen LogP contribution in [0.1, 0.15) is 25.0 Å². The molecule has 0 fully saturated rings. The van der Waals surface area contributed by atoms with Gasteiger partial charge in [0.05, 0.1) is 5.56 Å². The third-order valence-electron chi connectivity index (χ3n) is 2.38. The van der Waals surface area contributed by atoms with E-state index < -0.39 is 11.7 Å². The molecule has 106 valence electrons. The summed E-state index contributed by atoms with van der Waals surface area (Å²) in [7, 11) is 0. The first-order valence-electron chi connectivity index (χ1n) is 5.97. The molecule has 0 heterocycles. The van der Waals surface area contributed by atoms with E-state index in [1.807, 2.05) is 13.8 Å². The molecule has 0 bridgehead atoms. The fraction of sp³-hybridized carbons (Fsp3) is 0.462.